The minimum atomic E-state index is 0.927. The molecule has 0 radical (unpaired) electrons. The fourth-order valence-corrected chi connectivity index (χ4v) is 1.49. The summed E-state index contributed by atoms with van der Waals surface area (Å²) in [5.41, 5.74) is 0. The zero-order valence-electron chi connectivity index (χ0n) is 9.56. The van der Waals surface area contributed by atoms with Gasteiger partial charge in [0.2, 0.25) is 0 Å². The molecule has 0 aromatic heterocycles. The van der Waals surface area contributed by atoms with Gasteiger partial charge in [-0.15, -0.1) is 0 Å². The molecule has 0 atom stereocenters. The summed E-state index contributed by atoms with van der Waals surface area (Å²) in [4.78, 5) is 0. The molecule has 0 bridgehead atoms. The largest absolute Gasteiger partial charge is 0.381 e. The van der Waals surface area contributed by atoms with Crippen LogP contribution in [0, 0.1) is 5.92 Å². The summed E-state index contributed by atoms with van der Waals surface area (Å²) >= 11 is 0. The van der Waals surface area contributed by atoms with Gasteiger partial charge in [-0.1, -0.05) is 26.2 Å². The maximum atomic E-state index is 5.47. The minimum absolute atomic E-state index is 0.927. The lowest BCUT2D eigenvalue weighted by molar-refractivity contribution is 0.129. The van der Waals surface area contributed by atoms with Crippen LogP contribution >= 0.6 is 0 Å². The van der Waals surface area contributed by atoms with Crippen LogP contribution in [0.2, 0.25) is 0 Å². The Labute approximate surface area is 88.4 Å². The van der Waals surface area contributed by atoms with Crippen LogP contribution in [0.5, 0.6) is 0 Å². The van der Waals surface area contributed by atoms with Gasteiger partial charge >= 0.3 is 0 Å². The fourth-order valence-electron chi connectivity index (χ4n) is 1.49. The smallest absolute Gasteiger partial charge is 0.0478 e. The van der Waals surface area contributed by atoms with Crippen molar-refractivity contribution in [3.05, 3.63) is 0 Å². The summed E-state index contributed by atoms with van der Waals surface area (Å²) in [6.45, 7) is 6.40. The second-order valence-corrected chi connectivity index (χ2v) is 4.30. The van der Waals surface area contributed by atoms with Gasteiger partial charge in [0.05, 0.1) is 0 Å². The molecule has 0 aromatic carbocycles. The van der Waals surface area contributed by atoms with Crippen molar-refractivity contribution >= 4 is 0 Å². The highest BCUT2D eigenvalue weighted by atomic mass is 16.5. The highest BCUT2D eigenvalue weighted by Crippen LogP contribution is 2.31. The Hall–Kier alpha value is -0.0800. The summed E-state index contributed by atoms with van der Waals surface area (Å²) in [6, 6.07) is 0. The van der Waals surface area contributed by atoms with E-state index < -0.39 is 0 Å². The van der Waals surface area contributed by atoms with Gasteiger partial charge in [-0.2, -0.15) is 0 Å². The molecule has 2 nitrogen and oxygen atoms in total. The van der Waals surface area contributed by atoms with Gasteiger partial charge in [-0.25, -0.2) is 0 Å². The molecule has 1 saturated carbocycles. The van der Waals surface area contributed by atoms with Crippen LogP contribution in [0.3, 0.4) is 0 Å². The first-order valence-electron chi connectivity index (χ1n) is 6.22. The standard InChI is InChI=1S/C12H25NO/c1-2-3-10-14-11-4-8-13-9-7-12-5-6-12/h12-13H,2-11H2,1H3. The zero-order chi connectivity index (χ0) is 10.1. The molecule has 84 valence electrons. The third-order valence-electron chi connectivity index (χ3n) is 2.71. The number of rotatable bonds is 10. The first-order chi connectivity index (χ1) is 6.93. The van der Waals surface area contributed by atoms with E-state index in [1.807, 2.05) is 0 Å². The average Bonchev–Trinajstić information content (AvgIpc) is 2.99. The number of hydrogen-bond acceptors (Lipinski definition) is 2. The molecule has 1 aliphatic carbocycles. The van der Waals surface area contributed by atoms with Gasteiger partial charge in [0, 0.05) is 13.2 Å². The van der Waals surface area contributed by atoms with Gasteiger partial charge in [0.15, 0.2) is 0 Å². The molecule has 1 aliphatic rings. The molecule has 0 heterocycles. The van der Waals surface area contributed by atoms with E-state index in [1.165, 1.54) is 38.6 Å². The monoisotopic (exact) mass is 199 g/mol. The van der Waals surface area contributed by atoms with Crippen LogP contribution in [-0.4, -0.2) is 26.3 Å². The van der Waals surface area contributed by atoms with Crippen LogP contribution < -0.4 is 5.32 Å². The molecule has 1 rings (SSSR count). The summed E-state index contributed by atoms with van der Waals surface area (Å²) in [5, 5.41) is 3.47. The lowest BCUT2D eigenvalue weighted by Crippen LogP contribution is -2.18. The average molecular weight is 199 g/mol. The molecule has 0 saturated heterocycles. The predicted molar refractivity (Wildman–Crippen MR) is 60.6 cm³/mol. The van der Waals surface area contributed by atoms with Crippen molar-refractivity contribution in [3.8, 4) is 0 Å². The van der Waals surface area contributed by atoms with Crippen molar-refractivity contribution in [1.29, 1.82) is 0 Å². The molecule has 0 amide bonds. The predicted octanol–water partition coefficient (Wildman–Crippen LogP) is 2.58. The second-order valence-electron chi connectivity index (χ2n) is 4.30. The zero-order valence-corrected chi connectivity index (χ0v) is 9.56. The fraction of sp³-hybridized carbons (Fsp3) is 1.00. The Bertz CT molecular complexity index is 123. The van der Waals surface area contributed by atoms with Gasteiger partial charge in [0.1, 0.15) is 0 Å². The van der Waals surface area contributed by atoms with Crippen LogP contribution in [-0.2, 0) is 4.74 Å². The van der Waals surface area contributed by atoms with E-state index in [9.17, 15) is 0 Å². The van der Waals surface area contributed by atoms with Gasteiger partial charge in [-0.05, 0) is 38.3 Å². The Morgan fingerprint density at radius 2 is 1.93 bits per heavy atom. The Kier molecular flexibility index (Phi) is 7.06. The molecule has 1 N–H and O–H groups in total. The first kappa shape index (κ1) is 12.0. The van der Waals surface area contributed by atoms with E-state index in [-0.39, 0.29) is 0 Å². The quantitative estimate of drug-likeness (QED) is 0.546. The maximum absolute atomic E-state index is 5.47. The van der Waals surface area contributed by atoms with Crippen LogP contribution in [0.1, 0.15) is 45.4 Å². The van der Waals surface area contributed by atoms with Gasteiger partial charge in [-0.3, -0.25) is 0 Å². The molecule has 0 spiro atoms. The Morgan fingerprint density at radius 1 is 1.14 bits per heavy atom. The van der Waals surface area contributed by atoms with Gasteiger partial charge < -0.3 is 10.1 Å². The molecule has 0 aliphatic heterocycles. The first-order valence-corrected chi connectivity index (χ1v) is 6.22. The van der Waals surface area contributed by atoms with Gasteiger partial charge in [0.25, 0.3) is 0 Å². The van der Waals surface area contributed by atoms with Crippen LogP contribution in [0.4, 0.5) is 0 Å². The highest BCUT2D eigenvalue weighted by Gasteiger charge is 2.19. The summed E-state index contributed by atoms with van der Waals surface area (Å²) in [5.74, 6) is 1.06. The third-order valence-corrected chi connectivity index (χ3v) is 2.71. The summed E-state index contributed by atoms with van der Waals surface area (Å²) < 4.78 is 5.47. The van der Waals surface area contributed by atoms with Crippen LogP contribution in [0.25, 0.3) is 0 Å². The van der Waals surface area contributed by atoms with Crippen LogP contribution in [0.15, 0.2) is 0 Å². The summed E-state index contributed by atoms with van der Waals surface area (Å²) in [7, 11) is 0. The number of hydrogen-bond donors (Lipinski definition) is 1. The van der Waals surface area contributed by atoms with E-state index in [0.29, 0.717) is 0 Å². The topological polar surface area (TPSA) is 21.3 Å². The normalized spacial score (nSPS) is 16.1. The summed E-state index contributed by atoms with van der Waals surface area (Å²) in [6.07, 6.45) is 7.93. The lowest BCUT2D eigenvalue weighted by Gasteiger charge is -2.04. The minimum Gasteiger partial charge on any atom is -0.381 e. The molecule has 2 heteroatoms. The van der Waals surface area contributed by atoms with E-state index in [1.54, 1.807) is 0 Å². The van der Waals surface area contributed by atoms with Crippen molar-refractivity contribution < 1.29 is 4.74 Å². The Morgan fingerprint density at radius 3 is 2.64 bits per heavy atom. The number of nitrogens with one attached hydrogen (secondary N) is 1. The maximum Gasteiger partial charge on any atom is 0.0478 e. The highest BCUT2D eigenvalue weighted by molar-refractivity contribution is 4.73. The van der Waals surface area contributed by atoms with E-state index in [4.69, 9.17) is 4.74 Å². The van der Waals surface area contributed by atoms with Crippen molar-refractivity contribution in [2.45, 2.75) is 45.4 Å². The van der Waals surface area contributed by atoms with E-state index in [2.05, 4.69) is 12.2 Å². The second kappa shape index (κ2) is 8.25. The molecule has 14 heavy (non-hydrogen) atoms. The molecule has 0 aromatic rings. The van der Waals surface area contributed by atoms with Crippen molar-refractivity contribution in [3.63, 3.8) is 0 Å². The van der Waals surface area contributed by atoms with Crippen molar-refractivity contribution in [2.24, 2.45) is 5.92 Å². The molecular formula is C12H25NO. The van der Waals surface area contributed by atoms with Crippen molar-refractivity contribution in [2.75, 3.05) is 26.3 Å². The lowest BCUT2D eigenvalue weighted by atomic mass is 10.3. The third kappa shape index (κ3) is 7.34. The SMILES string of the molecule is CCCCOCCCNCCC1CC1. The number of unbranched alkanes of at least 4 members (excludes halogenated alkanes) is 1. The molecular weight excluding hydrogens is 174 g/mol. The Balaban J connectivity index is 1.63. The van der Waals surface area contributed by atoms with E-state index in [0.717, 1.165) is 32.1 Å². The van der Waals surface area contributed by atoms with Crippen molar-refractivity contribution in [1.82, 2.24) is 5.32 Å². The molecule has 0 unspecified atom stereocenters. The molecule has 1 fully saturated rings. The number of ether oxygens (including phenoxy) is 1. The van der Waals surface area contributed by atoms with E-state index >= 15 is 0 Å².